The van der Waals surface area contributed by atoms with E-state index in [1.165, 1.54) is 19.1 Å². The monoisotopic (exact) mass is 321 g/mol. The van der Waals surface area contributed by atoms with Gasteiger partial charge in [0.15, 0.2) is 6.10 Å². The maximum Gasteiger partial charge on any atom is 0.339 e. The Balaban J connectivity index is 2.10. The molecular weight excluding hydrogens is 302 g/mol. The second-order valence-corrected chi connectivity index (χ2v) is 5.69. The SMILES string of the molecule is CC(OC(=O)c1ccc(N(C)C)c([N+](=O)[O-])c1)C(=O)NC1CC1. The summed E-state index contributed by atoms with van der Waals surface area (Å²) in [6.07, 6.45) is 0.922. The number of hydrogen-bond donors (Lipinski definition) is 1. The number of carbonyl (C=O) groups excluding carboxylic acids is 2. The van der Waals surface area contributed by atoms with Gasteiger partial charge in [0.05, 0.1) is 10.5 Å². The molecule has 1 unspecified atom stereocenters. The van der Waals surface area contributed by atoms with E-state index in [9.17, 15) is 19.7 Å². The quantitative estimate of drug-likeness (QED) is 0.484. The molecule has 1 aromatic rings. The molecule has 0 bridgehead atoms. The summed E-state index contributed by atoms with van der Waals surface area (Å²) < 4.78 is 5.07. The van der Waals surface area contributed by atoms with Crippen molar-refractivity contribution < 1.29 is 19.2 Å². The van der Waals surface area contributed by atoms with Crippen LogP contribution in [0, 0.1) is 10.1 Å². The number of nitro groups is 1. The summed E-state index contributed by atoms with van der Waals surface area (Å²) in [6, 6.07) is 4.24. The molecule has 1 atom stereocenters. The zero-order chi connectivity index (χ0) is 17.1. The predicted molar refractivity (Wildman–Crippen MR) is 83.5 cm³/mol. The molecule has 0 heterocycles. The van der Waals surface area contributed by atoms with Crippen LogP contribution in [-0.4, -0.2) is 43.0 Å². The lowest BCUT2D eigenvalue weighted by Gasteiger charge is -2.15. The second-order valence-electron chi connectivity index (χ2n) is 5.69. The predicted octanol–water partition coefficient (Wildman–Crippen LogP) is 1.48. The Bertz CT molecular complexity index is 640. The van der Waals surface area contributed by atoms with Gasteiger partial charge in [0.1, 0.15) is 5.69 Å². The number of hydrogen-bond acceptors (Lipinski definition) is 6. The standard InChI is InChI=1S/C15H19N3O5/c1-9(14(19)16-11-5-6-11)23-15(20)10-4-7-12(17(2)3)13(8-10)18(21)22/h4,7-9,11H,5-6H2,1-3H3,(H,16,19). The summed E-state index contributed by atoms with van der Waals surface area (Å²) in [4.78, 5) is 36.0. The molecule has 0 spiro atoms. The molecule has 1 N–H and O–H groups in total. The number of nitrogens with zero attached hydrogens (tertiary/aromatic N) is 2. The van der Waals surface area contributed by atoms with Gasteiger partial charge < -0.3 is 15.0 Å². The first kappa shape index (κ1) is 16.7. The molecule has 2 rings (SSSR count). The zero-order valence-electron chi connectivity index (χ0n) is 13.2. The summed E-state index contributed by atoms with van der Waals surface area (Å²) in [5.74, 6) is -1.13. The van der Waals surface area contributed by atoms with Crippen molar-refractivity contribution in [3.8, 4) is 0 Å². The first-order valence-electron chi connectivity index (χ1n) is 7.26. The third-order valence-electron chi connectivity index (χ3n) is 3.47. The van der Waals surface area contributed by atoms with Crippen LogP contribution in [0.4, 0.5) is 11.4 Å². The van der Waals surface area contributed by atoms with Gasteiger partial charge in [-0.2, -0.15) is 0 Å². The van der Waals surface area contributed by atoms with Crippen LogP contribution in [-0.2, 0) is 9.53 Å². The molecule has 1 saturated carbocycles. The lowest BCUT2D eigenvalue weighted by atomic mass is 10.1. The molecule has 0 saturated heterocycles. The van der Waals surface area contributed by atoms with Crippen molar-refractivity contribution in [3.63, 3.8) is 0 Å². The summed E-state index contributed by atoms with van der Waals surface area (Å²) in [5.41, 5.74) is 0.221. The van der Waals surface area contributed by atoms with E-state index in [1.807, 2.05) is 0 Å². The Labute approximate surface area is 133 Å². The van der Waals surface area contributed by atoms with Gasteiger partial charge in [-0.05, 0) is 31.9 Å². The highest BCUT2D eigenvalue weighted by molar-refractivity contribution is 5.93. The van der Waals surface area contributed by atoms with Gasteiger partial charge in [0, 0.05) is 26.2 Å². The molecule has 124 valence electrons. The van der Waals surface area contributed by atoms with Gasteiger partial charge >= 0.3 is 5.97 Å². The van der Waals surface area contributed by atoms with Crippen LogP contribution in [0.15, 0.2) is 18.2 Å². The summed E-state index contributed by atoms with van der Waals surface area (Å²) >= 11 is 0. The Morgan fingerprint density at radius 2 is 2.04 bits per heavy atom. The molecule has 1 aliphatic rings. The Hall–Kier alpha value is -2.64. The van der Waals surface area contributed by atoms with Crippen LogP contribution in [0.5, 0.6) is 0 Å². The number of nitro benzene ring substituents is 1. The van der Waals surface area contributed by atoms with Crippen molar-refractivity contribution in [2.24, 2.45) is 0 Å². The number of rotatable bonds is 6. The third kappa shape index (κ3) is 4.18. The van der Waals surface area contributed by atoms with Gasteiger partial charge in [-0.15, -0.1) is 0 Å². The smallest absolute Gasteiger partial charge is 0.339 e. The third-order valence-corrected chi connectivity index (χ3v) is 3.47. The summed E-state index contributed by atoms with van der Waals surface area (Å²) in [7, 11) is 3.34. The fourth-order valence-electron chi connectivity index (χ4n) is 2.00. The molecule has 0 radical (unpaired) electrons. The van der Waals surface area contributed by atoms with Crippen molar-refractivity contribution in [2.45, 2.75) is 31.9 Å². The summed E-state index contributed by atoms with van der Waals surface area (Å²) in [6.45, 7) is 1.47. The molecule has 1 amide bonds. The number of anilines is 1. The van der Waals surface area contributed by atoms with E-state index < -0.39 is 17.0 Å². The molecule has 8 heteroatoms. The molecule has 1 aliphatic carbocycles. The van der Waals surface area contributed by atoms with E-state index in [0.717, 1.165) is 18.9 Å². The maximum absolute atomic E-state index is 12.1. The fourth-order valence-corrected chi connectivity index (χ4v) is 2.00. The molecule has 1 aromatic carbocycles. The van der Waals surface area contributed by atoms with E-state index in [0.29, 0.717) is 5.69 Å². The van der Waals surface area contributed by atoms with Gasteiger partial charge in [0.2, 0.25) is 0 Å². The number of ether oxygens (including phenoxy) is 1. The van der Waals surface area contributed by atoms with Crippen LogP contribution in [0.25, 0.3) is 0 Å². The van der Waals surface area contributed by atoms with Crippen molar-refractivity contribution >= 4 is 23.3 Å². The average molecular weight is 321 g/mol. The minimum absolute atomic E-state index is 0.0355. The van der Waals surface area contributed by atoms with Crippen molar-refractivity contribution in [3.05, 3.63) is 33.9 Å². The minimum Gasteiger partial charge on any atom is -0.449 e. The number of nitrogens with one attached hydrogen (secondary N) is 1. The average Bonchev–Trinajstić information content (AvgIpc) is 3.30. The van der Waals surface area contributed by atoms with E-state index in [-0.39, 0.29) is 23.2 Å². The van der Waals surface area contributed by atoms with Crippen LogP contribution in [0.3, 0.4) is 0 Å². The van der Waals surface area contributed by atoms with Crippen LogP contribution in [0.2, 0.25) is 0 Å². The molecule has 0 aromatic heterocycles. The topological polar surface area (TPSA) is 102 Å². The first-order chi connectivity index (χ1) is 10.8. The van der Waals surface area contributed by atoms with E-state index in [1.54, 1.807) is 19.0 Å². The lowest BCUT2D eigenvalue weighted by molar-refractivity contribution is -0.384. The number of amides is 1. The number of esters is 1. The minimum atomic E-state index is -0.948. The van der Waals surface area contributed by atoms with Crippen LogP contribution < -0.4 is 10.2 Å². The highest BCUT2D eigenvalue weighted by atomic mass is 16.6. The lowest BCUT2D eigenvalue weighted by Crippen LogP contribution is -2.37. The maximum atomic E-state index is 12.1. The first-order valence-corrected chi connectivity index (χ1v) is 7.26. The zero-order valence-corrected chi connectivity index (χ0v) is 13.2. The van der Waals surface area contributed by atoms with Crippen molar-refractivity contribution in [1.82, 2.24) is 5.32 Å². The highest BCUT2D eigenvalue weighted by Gasteiger charge is 2.28. The molecule has 1 fully saturated rings. The molecule has 23 heavy (non-hydrogen) atoms. The van der Waals surface area contributed by atoms with Crippen molar-refractivity contribution in [2.75, 3.05) is 19.0 Å². The van der Waals surface area contributed by atoms with Crippen LogP contribution >= 0.6 is 0 Å². The largest absolute Gasteiger partial charge is 0.449 e. The Morgan fingerprint density at radius 1 is 1.39 bits per heavy atom. The normalized spacial score (nSPS) is 14.7. The van der Waals surface area contributed by atoms with E-state index in [2.05, 4.69) is 5.32 Å². The molecule has 0 aliphatic heterocycles. The highest BCUT2D eigenvalue weighted by Crippen LogP contribution is 2.28. The van der Waals surface area contributed by atoms with Gasteiger partial charge in [0.25, 0.3) is 11.6 Å². The summed E-state index contributed by atoms with van der Waals surface area (Å²) in [5, 5.41) is 13.9. The van der Waals surface area contributed by atoms with Gasteiger partial charge in [-0.3, -0.25) is 14.9 Å². The van der Waals surface area contributed by atoms with E-state index >= 15 is 0 Å². The number of benzene rings is 1. The molecule has 8 nitrogen and oxygen atoms in total. The Morgan fingerprint density at radius 3 is 2.57 bits per heavy atom. The van der Waals surface area contributed by atoms with E-state index in [4.69, 9.17) is 4.74 Å². The fraction of sp³-hybridized carbons (Fsp3) is 0.467. The second kappa shape index (κ2) is 6.64. The van der Waals surface area contributed by atoms with Gasteiger partial charge in [-0.1, -0.05) is 0 Å². The Kier molecular flexibility index (Phi) is 4.83. The van der Waals surface area contributed by atoms with Crippen molar-refractivity contribution in [1.29, 1.82) is 0 Å². The number of carbonyl (C=O) groups is 2. The van der Waals surface area contributed by atoms with Gasteiger partial charge in [-0.25, -0.2) is 4.79 Å². The molecular formula is C15H19N3O5. The van der Waals surface area contributed by atoms with Crippen LogP contribution in [0.1, 0.15) is 30.1 Å².